The van der Waals surface area contributed by atoms with Crippen molar-refractivity contribution in [1.82, 2.24) is 4.57 Å². The first kappa shape index (κ1) is 24.4. The van der Waals surface area contributed by atoms with Crippen molar-refractivity contribution in [2.45, 2.75) is 19.9 Å². The highest BCUT2D eigenvalue weighted by Gasteiger charge is 2.33. The number of allylic oxidation sites excluding steroid dienone is 1. The van der Waals surface area contributed by atoms with Crippen LogP contribution in [0.1, 0.15) is 31.0 Å². The van der Waals surface area contributed by atoms with Gasteiger partial charge in [-0.1, -0.05) is 47.2 Å². The number of carboxylic acid groups (broad SMARTS) is 1. The quantitative estimate of drug-likeness (QED) is 0.488. The van der Waals surface area contributed by atoms with Crippen LogP contribution in [-0.4, -0.2) is 34.8 Å². The number of hydrogen-bond acceptors (Lipinski definition) is 7. The van der Waals surface area contributed by atoms with Crippen LogP contribution < -0.4 is 19.6 Å². The van der Waals surface area contributed by atoms with E-state index in [-0.39, 0.29) is 17.7 Å². The van der Waals surface area contributed by atoms with E-state index in [2.05, 4.69) is 4.99 Å². The number of carboxylic acids is 1. The number of benzene rings is 2. The number of rotatable bonds is 7. The van der Waals surface area contributed by atoms with Crippen LogP contribution in [0.2, 0.25) is 5.02 Å². The van der Waals surface area contributed by atoms with Gasteiger partial charge in [0.2, 0.25) is 0 Å². The molecule has 1 aromatic heterocycles. The van der Waals surface area contributed by atoms with Crippen molar-refractivity contribution in [3.05, 3.63) is 95.6 Å². The second-order valence-corrected chi connectivity index (χ2v) is 9.05. The molecular weight excluding hydrogens is 492 g/mol. The Kier molecular flexibility index (Phi) is 7.18. The lowest BCUT2D eigenvalue weighted by molar-refractivity contribution is -0.140. The Labute approximate surface area is 209 Å². The Balaban J connectivity index is 1.85. The van der Waals surface area contributed by atoms with Crippen molar-refractivity contribution in [3.8, 4) is 5.75 Å². The number of ether oxygens (including phenoxy) is 2. The van der Waals surface area contributed by atoms with Gasteiger partial charge in [-0.05, 0) is 55.3 Å². The minimum absolute atomic E-state index is 0.188. The molecule has 2 aromatic carbocycles. The summed E-state index contributed by atoms with van der Waals surface area (Å²) in [5.74, 6) is -1.25. The zero-order valence-electron chi connectivity index (χ0n) is 18.9. The number of hydrogen-bond donors (Lipinski definition) is 1. The topological polar surface area (TPSA) is 107 Å². The van der Waals surface area contributed by atoms with Crippen molar-refractivity contribution < 1.29 is 24.2 Å². The molecule has 4 rings (SSSR count). The summed E-state index contributed by atoms with van der Waals surface area (Å²) < 4.78 is 12.4. The fourth-order valence-electron chi connectivity index (χ4n) is 3.74. The largest absolute Gasteiger partial charge is 0.482 e. The summed E-state index contributed by atoms with van der Waals surface area (Å²) in [5, 5.41) is 9.36. The average molecular weight is 513 g/mol. The van der Waals surface area contributed by atoms with Gasteiger partial charge in [0.15, 0.2) is 11.4 Å². The first-order chi connectivity index (χ1) is 16.8. The molecule has 0 aliphatic carbocycles. The molecule has 0 radical (unpaired) electrons. The highest BCUT2D eigenvalue weighted by molar-refractivity contribution is 7.07. The van der Waals surface area contributed by atoms with Gasteiger partial charge in [-0.3, -0.25) is 9.36 Å². The third kappa shape index (κ3) is 5.21. The molecule has 8 nitrogen and oxygen atoms in total. The number of carbonyl (C=O) groups excluding carboxylic acids is 1. The molecule has 1 atom stereocenters. The first-order valence-corrected chi connectivity index (χ1v) is 11.9. The second-order valence-electron chi connectivity index (χ2n) is 7.61. The molecule has 0 saturated carbocycles. The lowest BCUT2D eigenvalue weighted by atomic mass is 9.96. The van der Waals surface area contributed by atoms with Gasteiger partial charge in [-0.25, -0.2) is 14.6 Å². The predicted octanol–water partition coefficient (Wildman–Crippen LogP) is 2.92. The van der Waals surface area contributed by atoms with Crippen LogP contribution in [0.3, 0.4) is 0 Å². The van der Waals surface area contributed by atoms with Gasteiger partial charge in [0, 0.05) is 5.02 Å². The van der Waals surface area contributed by atoms with Gasteiger partial charge in [0.05, 0.1) is 28.5 Å². The van der Waals surface area contributed by atoms with E-state index in [1.165, 1.54) is 15.9 Å². The Morgan fingerprint density at radius 3 is 2.66 bits per heavy atom. The van der Waals surface area contributed by atoms with Gasteiger partial charge < -0.3 is 14.6 Å². The highest BCUT2D eigenvalue weighted by Crippen LogP contribution is 2.31. The fourth-order valence-corrected chi connectivity index (χ4v) is 4.92. The van der Waals surface area contributed by atoms with Crippen LogP contribution in [0.25, 0.3) is 6.08 Å². The molecule has 1 aliphatic heterocycles. The van der Waals surface area contributed by atoms with Crippen molar-refractivity contribution >= 4 is 41.0 Å². The van der Waals surface area contributed by atoms with Gasteiger partial charge in [-0.2, -0.15) is 0 Å². The fraction of sp³-hybridized carbons (Fsp3) is 0.200. The number of aliphatic carboxylic acids is 1. The summed E-state index contributed by atoms with van der Waals surface area (Å²) in [7, 11) is 0. The van der Waals surface area contributed by atoms with E-state index in [0.717, 1.165) is 0 Å². The highest BCUT2D eigenvalue weighted by atomic mass is 35.5. The van der Waals surface area contributed by atoms with Crippen LogP contribution in [0.15, 0.2) is 69.6 Å². The third-order valence-corrected chi connectivity index (χ3v) is 6.46. The Hall–Kier alpha value is -3.69. The first-order valence-electron chi connectivity index (χ1n) is 10.7. The molecule has 35 heavy (non-hydrogen) atoms. The van der Waals surface area contributed by atoms with Crippen LogP contribution in [-0.2, 0) is 14.3 Å². The summed E-state index contributed by atoms with van der Waals surface area (Å²) in [6.45, 7) is 3.15. The number of fused-ring (bicyclic) bond motifs is 1. The van der Waals surface area contributed by atoms with E-state index in [0.29, 0.717) is 36.9 Å². The average Bonchev–Trinajstić information content (AvgIpc) is 3.12. The molecule has 0 spiro atoms. The molecule has 2 heterocycles. The number of nitrogens with zero attached hydrogens (tertiary/aromatic N) is 2. The molecule has 0 saturated heterocycles. The molecule has 1 N–H and O–H groups in total. The zero-order valence-corrected chi connectivity index (χ0v) is 20.4. The van der Waals surface area contributed by atoms with E-state index in [9.17, 15) is 14.4 Å². The van der Waals surface area contributed by atoms with Crippen molar-refractivity contribution in [1.29, 1.82) is 0 Å². The summed E-state index contributed by atoms with van der Waals surface area (Å²) >= 11 is 7.26. The minimum atomic E-state index is -1.08. The Bertz CT molecular complexity index is 1500. The lowest BCUT2D eigenvalue weighted by Gasteiger charge is -2.24. The van der Waals surface area contributed by atoms with E-state index >= 15 is 0 Å². The molecule has 180 valence electrons. The van der Waals surface area contributed by atoms with Crippen LogP contribution in [0, 0.1) is 0 Å². The second kappa shape index (κ2) is 10.3. The zero-order chi connectivity index (χ0) is 25.1. The summed E-state index contributed by atoms with van der Waals surface area (Å²) in [6, 6.07) is 13.0. The summed E-state index contributed by atoms with van der Waals surface area (Å²) in [5.41, 5.74) is 1.79. The smallest absolute Gasteiger partial charge is 0.341 e. The molecule has 10 heteroatoms. The van der Waals surface area contributed by atoms with Crippen LogP contribution in [0.4, 0.5) is 0 Å². The van der Waals surface area contributed by atoms with E-state index in [4.69, 9.17) is 26.2 Å². The maximum absolute atomic E-state index is 13.6. The maximum atomic E-state index is 13.6. The van der Waals surface area contributed by atoms with Crippen molar-refractivity contribution in [3.63, 3.8) is 0 Å². The standard InChI is InChI=1S/C25H21ClN2O6S/c1-3-33-24(32)21-14(2)27-25-28(22(21)16-7-9-17(26)10-8-16)23(31)19(35-25)12-15-5-4-6-18(11-15)34-13-20(29)30/h4-12,22H,3,13H2,1-2H3,(H,29,30)/b19-12-/t22-/m0/s1. The number of carbonyl (C=O) groups is 2. The minimum Gasteiger partial charge on any atom is -0.482 e. The SMILES string of the molecule is CCOC(=O)C1=C(C)N=c2s/c(=C\c3cccc(OCC(=O)O)c3)c(=O)n2[C@H]1c1ccc(Cl)cc1. The summed E-state index contributed by atoms with van der Waals surface area (Å²) in [4.78, 5) is 42.2. The third-order valence-electron chi connectivity index (χ3n) is 5.22. The van der Waals surface area contributed by atoms with E-state index < -0.39 is 24.6 Å². The molecule has 0 fully saturated rings. The molecular formula is C25H21ClN2O6S. The Morgan fingerprint density at radius 1 is 1.23 bits per heavy atom. The Morgan fingerprint density at radius 2 is 1.97 bits per heavy atom. The lowest BCUT2D eigenvalue weighted by Crippen LogP contribution is -2.39. The molecule has 0 bridgehead atoms. The van der Waals surface area contributed by atoms with Crippen molar-refractivity contribution in [2.24, 2.45) is 4.99 Å². The van der Waals surface area contributed by atoms with E-state index in [1.807, 2.05) is 0 Å². The molecule has 0 amide bonds. The van der Waals surface area contributed by atoms with Crippen LogP contribution in [0.5, 0.6) is 5.75 Å². The maximum Gasteiger partial charge on any atom is 0.341 e. The molecule has 0 unspecified atom stereocenters. The number of esters is 1. The van der Waals surface area contributed by atoms with Gasteiger partial charge >= 0.3 is 11.9 Å². The number of halogens is 1. The predicted molar refractivity (Wildman–Crippen MR) is 131 cm³/mol. The monoisotopic (exact) mass is 512 g/mol. The normalized spacial score (nSPS) is 15.4. The van der Waals surface area contributed by atoms with Gasteiger partial charge in [0.1, 0.15) is 5.75 Å². The molecule has 3 aromatic rings. The van der Waals surface area contributed by atoms with Crippen LogP contribution >= 0.6 is 22.9 Å². The van der Waals surface area contributed by atoms with Gasteiger partial charge in [-0.15, -0.1) is 0 Å². The van der Waals surface area contributed by atoms with Gasteiger partial charge in [0.25, 0.3) is 5.56 Å². The van der Waals surface area contributed by atoms with E-state index in [1.54, 1.807) is 68.5 Å². The number of aromatic nitrogens is 1. The summed E-state index contributed by atoms with van der Waals surface area (Å²) in [6.07, 6.45) is 1.68. The van der Waals surface area contributed by atoms with Crippen molar-refractivity contribution in [2.75, 3.05) is 13.2 Å². The number of thiazole rings is 1. The molecule has 1 aliphatic rings.